The van der Waals surface area contributed by atoms with E-state index >= 15 is 0 Å². The van der Waals surface area contributed by atoms with E-state index in [2.05, 4.69) is 15.6 Å². The fraction of sp³-hybridized carbons (Fsp3) is 0.150. The molecule has 160 valence electrons. The second kappa shape index (κ2) is 8.14. The third kappa shape index (κ3) is 4.18. The summed E-state index contributed by atoms with van der Waals surface area (Å²) in [5.41, 5.74) is 4.44. The Bertz CT molecular complexity index is 1290. The summed E-state index contributed by atoms with van der Waals surface area (Å²) in [7, 11) is -2.11. The Morgan fingerprint density at radius 2 is 2.00 bits per heavy atom. The number of aromatic nitrogens is 2. The number of methoxy groups -OCH3 is 1. The first kappa shape index (κ1) is 21.0. The topological polar surface area (TPSA) is 115 Å². The summed E-state index contributed by atoms with van der Waals surface area (Å²) in [6.45, 7) is 0. The van der Waals surface area contributed by atoms with Crippen molar-refractivity contribution in [2.45, 2.75) is 10.9 Å². The summed E-state index contributed by atoms with van der Waals surface area (Å²) in [6.07, 6.45) is 2.70. The van der Waals surface area contributed by atoms with Gasteiger partial charge in [0.05, 0.1) is 22.7 Å². The van der Waals surface area contributed by atoms with Crippen LogP contribution in [0, 0.1) is 0 Å². The number of carbonyl (C=O) groups excluding carboxylic acids is 1. The molecule has 3 aromatic rings. The molecule has 0 spiro atoms. The number of esters is 1. The Labute approximate surface area is 183 Å². The largest absolute Gasteiger partial charge is 0.468 e. The molecule has 0 bridgehead atoms. The fourth-order valence-electron chi connectivity index (χ4n) is 3.04. The maximum atomic E-state index is 12.1. The van der Waals surface area contributed by atoms with E-state index in [0.29, 0.717) is 22.0 Å². The molecular weight excluding hydrogens is 444 g/mol. The van der Waals surface area contributed by atoms with Crippen molar-refractivity contribution < 1.29 is 22.5 Å². The average molecular weight is 461 g/mol. The highest BCUT2D eigenvalue weighted by Gasteiger charge is 2.34. The molecule has 9 nitrogen and oxygen atoms in total. The van der Waals surface area contributed by atoms with E-state index in [1.807, 2.05) is 0 Å². The van der Waals surface area contributed by atoms with Gasteiger partial charge in [-0.15, -0.1) is 0 Å². The van der Waals surface area contributed by atoms with Gasteiger partial charge in [-0.3, -0.25) is 5.01 Å². The second-order valence-corrected chi connectivity index (χ2v) is 9.11. The summed E-state index contributed by atoms with van der Waals surface area (Å²) in [4.78, 5) is 16.6. The van der Waals surface area contributed by atoms with Gasteiger partial charge in [0.25, 0.3) is 5.89 Å². The number of anilines is 1. The summed E-state index contributed by atoms with van der Waals surface area (Å²) in [5.74, 6) is -0.201. The first-order chi connectivity index (χ1) is 14.8. The zero-order valence-electron chi connectivity index (χ0n) is 16.4. The maximum absolute atomic E-state index is 12.1. The molecule has 1 atom stereocenters. The van der Waals surface area contributed by atoms with E-state index in [4.69, 9.17) is 20.9 Å². The van der Waals surface area contributed by atoms with Crippen LogP contribution in [-0.2, 0) is 19.4 Å². The lowest BCUT2D eigenvalue weighted by Crippen LogP contribution is -2.41. The number of rotatable bonds is 5. The van der Waals surface area contributed by atoms with Crippen LogP contribution in [0.25, 0.3) is 17.1 Å². The quantitative estimate of drug-likeness (QED) is 0.573. The number of ether oxygens (including phenoxy) is 1. The fourth-order valence-corrected chi connectivity index (χ4v) is 3.92. The van der Waals surface area contributed by atoms with Gasteiger partial charge < -0.3 is 9.26 Å². The highest BCUT2D eigenvalue weighted by atomic mass is 35.5. The van der Waals surface area contributed by atoms with Crippen molar-refractivity contribution in [3.63, 3.8) is 0 Å². The van der Waals surface area contributed by atoms with Gasteiger partial charge in [0.2, 0.25) is 5.82 Å². The first-order valence-electron chi connectivity index (χ1n) is 9.03. The highest BCUT2D eigenvalue weighted by Crippen LogP contribution is 2.34. The summed E-state index contributed by atoms with van der Waals surface area (Å²) >= 11 is 6.33. The second-order valence-electron chi connectivity index (χ2n) is 6.69. The minimum atomic E-state index is -3.39. The molecule has 0 saturated carbocycles. The molecule has 11 heteroatoms. The van der Waals surface area contributed by atoms with Gasteiger partial charge in [-0.2, -0.15) is 4.98 Å². The number of hydrogen-bond acceptors (Lipinski definition) is 9. The van der Waals surface area contributed by atoms with Gasteiger partial charge in [-0.1, -0.05) is 41.0 Å². The standard InChI is InChI=1S/C20H17ClN4O5S/c1-29-20(26)15-11-17(25(23-15)16-9-4-3-8-14(16)21)19-22-18(24-30-19)12-6-5-7-13(10-12)31(2,27)28/h3-11,15,23H,1-2H3. The molecule has 0 fully saturated rings. The van der Waals surface area contributed by atoms with E-state index in [-0.39, 0.29) is 16.6 Å². The van der Waals surface area contributed by atoms with E-state index in [9.17, 15) is 13.2 Å². The van der Waals surface area contributed by atoms with Crippen LogP contribution >= 0.6 is 11.6 Å². The molecule has 1 N–H and O–H groups in total. The van der Waals surface area contributed by atoms with E-state index in [1.165, 1.54) is 19.2 Å². The zero-order chi connectivity index (χ0) is 22.2. The molecule has 1 aliphatic heterocycles. The monoisotopic (exact) mass is 460 g/mol. The van der Waals surface area contributed by atoms with Gasteiger partial charge >= 0.3 is 5.97 Å². The number of halogens is 1. The lowest BCUT2D eigenvalue weighted by molar-refractivity contribution is -0.141. The average Bonchev–Trinajstić information content (AvgIpc) is 3.40. The van der Waals surface area contributed by atoms with Crippen molar-refractivity contribution >= 4 is 38.8 Å². The number of hydrogen-bond donors (Lipinski definition) is 1. The molecule has 4 rings (SSSR count). The Morgan fingerprint density at radius 1 is 1.23 bits per heavy atom. The lowest BCUT2D eigenvalue weighted by atomic mass is 10.2. The van der Waals surface area contributed by atoms with Gasteiger partial charge in [-0.05, 0) is 30.3 Å². The van der Waals surface area contributed by atoms with Crippen molar-refractivity contribution in [1.29, 1.82) is 0 Å². The number of benzene rings is 2. The smallest absolute Gasteiger partial charge is 0.328 e. The van der Waals surface area contributed by atoms with Crippen LogP contribution in [0.5, 0.6) is 0 Å². The van der Waals surface area contributed by atoms with Crippen molar-refractivity contribution in [3.05, 3.63) is 65.5 Å². The molecular formula is C20H17ClN4O5S. The number of para-hydroxylation sites is 1. The van der Waals surface area contributed by atoms with Crippen LogP contribution < -0.4 is 10.4 Å². The third-order valence-electron chi connectivity index (χ3n) is 4.55. The molecule has 1 aromatic heterocycles. The Hall–Kier alpha value is -3.21. The van der Waals surface area contributed by atoms with Crippen LogP contribution in [0.4, 0.5) is 5.69 Å². The number of hydrazine groups is 1. The predicted molar refractivity (Wildman–Crippen MR) is 114 cm³/mol. The third-order valence-corrected chi connectivity index (χ3v) is 5.98. The molecule has 0 aliphatic carbocycles. The number of carbonyl (C=O) groups is 1. The Kier molecular flexibility index (Phi) is 5.52. The van der Waals surface area contributed by atoms with E-state index in [0.717, 1.165) is 6.26 Å². The molecule has 0 saturated heterocycles. The van der Waals surface area contributed by atoms with Crippen molar-refractivity contribution in [2.75, 3.05) is 18.4 Å². The van der Waals surface area contributed by atoms with Crippen molar-refractivity contribution in [2.24, 2.45) is 0 Å². The SMILES string of the molecule is COC(=O)C1C=C(c2nc(-c3cccc(S(C)(=O)=O)c3)no2)N(c2ccccc2Cl)N1. The minimum absolute atomic E-state index is 0.110. The highest BCUT2D eigenvalue weighted by molar-refractivity contribution is 7.90. The van der Waals surface area contributed by atoms with E-state index in [1.54, 1.807) is 47.5 Å². The minimum Gasteiger partial charge on any atom is -0.468 e. The molecule has 1 aliphatic rings. The molecule has 1 unspecified atom stereocenters. The zero-order valence-corrected chi connectivity index (χ0v) is 18.0. The first-order valence-corrected chi connectivity index (χ1v) is 11.3. The van der Waals surface area contributed by atoms with Crippen LogP contribution in [0.2, 0.25) is 5.02 Å². The van der Waals surface area contributed by atoms with Crippen LogP contribution in [-0.4, -0.2) is 43.9 Å². The van der Waals surface area contributed by atoms with Crippen LogP contribution in [0.3, 0.4) is 0 Å². The molecule has 0 radical (unpaired) electrons. The Balaban J connectivity index is 1.74. The number of nitrogens with one attached hydrogen (secondary N) is 1. The number of nitrogens with zero attached hydrogens (tertiary/aromatic N) is 3. The van der Waals surface area contributed by atoms with Gasteiger partial charge in [0.1, 0.15) is 11.7 Å². The molecule has 31 heavy (non-hydrogen) atoms. The maximum Gasteiger partial charge on any atom is 0.328 e. The van der Waals surface area contributed by atoms with Crippen molar-refractivity contribution in [3.8, 4) is 11.4 Å². The molecule has 0 amide bonds. The predicted octanol–water partition coefficient (Wildman–Crippen LogP) is 2.70. The summed E-state index contributed by atoms with van der Waals surface area (Å²) < 4.78 is 33.9. The van der Waals surface area contributed by atoms with Crippen molar-refractivity contribution in [1.82, 2.24) is 15.6 Å². The molecule has 2 aromatic carbocycles. The summed E-state index contributed by atoms with van der Waals surface area (Å²) in [6, 6.07) is 12.5. The number of sulfone groups is 1. The molecule has 2 heterocycles. The Morgan fingerprint density at radius 3 is 2.71 bits per heavy atom. The van der Waals surface area contributed by atoms with Gasteiger partial charge in [0, 0.05) is 11.8 Å². The van der Waals surface area contributed by atoms with Crippen LogP contribution in [0.1, 0.15) is 5.89 Å². The summed E-state index contributed by atoms with van der Waals surface area (Å²) in [5, 5.41) is 5.97. The van der Waals surface area contributed by atoms with Gasteiger partial charge in [0.15, 0.2) is 9.84 Å². The van der Waals surface area contributed by atoms with Crippen LogP contribution in [0.15, 0.2) is 64.0 Å². The van der Waals surface area contributed by atoms with E-state index < -0.39 is 21.8 Å². The van der Waals surface area contributed by atoms with Gasteiger partial charge in [-0.25, -0.2) is 18.6 Å². The normalized spacial score (nSPS) is 16.3. The lowest BCUT2D eigenvalue weighted by Gasteiger charge is -2.22.